The normalized spacial score (nSPS) is 14.1. The zero-order valence-electron chi connectivity index (χ0n) is 21.9. The number of benzene rings is 3. The van der Waals surface area contributed by atoms with E-state index in [2.05, 4.69) is 5.32 Å². The van der Waals surface area contributed by atoms with Crippen LogP contribution in [0.2, 0.25) is 0 Å². The van der Waals surface area contributed by atoms with Crippen molar-refractivity contribution in [1.29, 1.82) is 0 Å². The van der Waals surface area contributed by atoms with Gasteiger partial charge in [-0.2, -0.15) is 0 Å². The van der Waals surface area contributed by atoms with Crippen molar-refractivity contribution in [3.05, 3.63) is 95.1 Å². The van der Waals surface area contributed by atoms with Crippen LogP contribution in [0.1, 0.15) is 54.2 Å². The molecule has 0 fully saturated rings. The molecule has 1 aliphatic carbocycles. The Kier molecular flexibility index (Phi) is 7.30. The van der Waals surface area contributed by atoms with Gasteiger partial charge in [-0.1, -0.05) is 57.2 Å². The number of esters is 1. The van der Waals surface area contributed by atoms with Crippen molar-refractivity contribution in [2.45, 2.75) is 33.6 Å². The number of ketones is 1. The quantitative estimate of drug-likeness (QED) is 0.336. The molecule has 6 heteroatoms. The van der Waals surface area contributed by atoms with Gasteiger partial charge in [0.05, 0.1) is 18.4 Å². The molecule has 0 aliphatic heterocycles. The molecule has 37 heavy (non-hydrogen) atoms. The first-order valence-electron chi connectivity index (χ1n) is 12.3. The number of carbonyl (C=O) groups excluding carboxylic acids is 3. The Balaban J connectivity index is 1.70. The summed E-state index contributed by atoms with van der Waals surface area (Å²) in [6.07, 6.45) is 0.667. The predicted molar refractivity (Wildman–Crippen MR) is 147 cm³/mol. The maximum atomic E-state index is 13.3. The van der Waals surface area contributed by atoms with Crippen LogP contribution < -0.4 is 10.2 Å². The van der Waals surface area contributed by atoms with Crippen LogP contribution in [0.3, 0.4) is 0 Å². The van der Waals surface area contributed by atoms with Crippen molar-refractivity contribution in [3.63, 3.8) is 0 Å². The lowest BCUT2D eigenvalue weighted by Gasteiger charge is -2.23. The highest BCUT2D eigenvalue weighted by Crippen LogP contribution is 2.37. The van der Waals surface area contributed by atoms with Crippen LogP contribution in [0.15, 0.2) is 72.8 Å². The number of Topliss-reactive ketones (excluding diaryl/α,β-unsaturated/α-hetero) is 1. The lowest BCUT2D eigenvalue weighted by molar-refractivity contribution is -0.120. The van der Waals surface area contributed by atoms with Crippen LogP contribution in [0.4, 0.5) is 11.4 Å². The van der Waals surface area contributed by atoms with Crippen LogP contribution in [-0.4, -0.2) is 31.8 Å². The highest BCUT2D eigenvalue weighted by molar-refractivity contribution is 6.32. The van der Waals surface area contributed by atoms with Gasteiger partial charge in [-0.3, -0.25) is 9.59 Å². The van der Waals surface area contributed by atoms with Crippen molar-refractivity contribution >= 4 is 40.3 Å². The fraction of sp³-hybridized carbons (Fsp3) is 0.258. The summed E-state index contributed by atoms with van der Waals surface area (Å²) in [6.45, 7) is 6.13. The van der Waals surface area contributed by atoms with Crippen molar-refractivity contribution in [2.24, 2.45) is 5.41 Å². The Morgan fingerprint density at radius 1 is 0.946 bits per heavy atom. The molecule has 0 unspecified atom stereocenters. The summed E-state index contributed by atoms with van der Waals surface area (Å²) in [4.78, 5) is 39.6. The zero-order chi connectivity index (χ0) is 26.7. The second-order valence-corrected chi connectivity index (χ2v) is 10.4. The fourth-order valence-electron chi connectivity index (χ4n) is 4.43. The lowest BCUT2D eigenvalue weighted by Crippen LogP contribution is -2.29. The third-order valence-corrected chi connectivity index (χ3v) is 6.32. The number of anilines is 2. The Bertz CT molecular complexity index is 1370. The molecule has 1 N–H and O–H groups in total. The minimum absolute atomic E-state index is 0.0208. The molecule has 6 nitrogen and oxygen atoms in total. The Labute approximate surface area is 218 Å². The number of allylic oxidation sites excluding steroid dienone is 1. The van der Waals surface area contributed by atoms with Gasteiger partial charge in [-0.25, -0.2) is 4.79 Å². The van der Waals surface area contributed by atoms with E-state index in [9.17, 15) is 14.4 Å². The monoisotopic (exact) mass is 496 g/mol. The number of hydrogen-bond donors (Lipinski definition) is 1. The van der Waals surface area contributed by atoms with E-state index >= 15 is 0 Å². The fourth-order valence-corrected chi connectivity index (χ4v) is 4.43. The molecule has 0 heterocycles. The van der Waals surface area contributed by atoms with E-state index in [0.717, 1.165) is 28.1 Å². The number of ether oxygens (including phenoxy) is 1. The van der Waals surface area contributed by atoms with Gasteiger partial charge in [0.1, 0.15) is 0 Å². The van der Waals surface area contributed by atoms with E-state index in [1.54, 1.807) is 24.1 Å². The highest BCUT2D eigenvalue weighted by Gasteiger charge is 2.29. The molecule has 0 saturated carbocycles. The average molecular weight is 497 g/mol. The molecule has 1 amide bonds. The largest absolute Gasteiger partial charge is 0.465 e. The molecule has 4 rings (SSSR count). The number of methoxy groups -OCH3 is 1. The second kappa shape index (κ2) is 10.4. The standard InChI is InChI=1S/C31H32N2O4/c1-31(2,3)19-27(35)33(4)24-14-12-23(13-15-24)32-29(20-9-7-6-8-10-20)28-25-16-11-21(30(36)37-5)17-22(25)18-26(28)34/h6-17,32H,18-19H2,1-5H3/b29-28-. The molecule has 0 radical (unpaired) electrons. The number of rotatable bonds is 6. The number of carbonyl (C=O) groups is 3. The summed E-state index contributed by atoms with van der Waals surface area (Å²) in [5.41, 5.74) is 5.67. The maximum Gasteiger partial charge on any atom is 0.337 e. The minimum Gasteiger partial charge on any atom is -0.465 e. The molecule has 0 saturated heterocycles. The number of amides is 1. The molecule has 190 valence electrons. The Hall–Kier alpha value is -4.19. The smallest absolute Gasteiger partial charge is 0.337 e. The van der Waals surface area contributed by atoms with Gasteiger partial charge >= 0.3 is 5.97 Å². The average Bonchev–Trinajstić information content (AvgIpc) is 3.20. The van der Waals surface area contributed by atoms with Crippen molar-refractivity contribution in [3.8, 4) is 0 Å². The lowest BCUT2D eigenvalue weighted by atomic mass is 9.91. The van der Waals surface area contributed by atoms with E-state index in [1.165, 1.54) is 7.11 Å². The number of fused-ring (bicyclic) bond motifs is 1. The van der Waals surface area contributed by atoms with Crippen LogP contribution >= 0.6 is 0 Å². The summed E-state index contributed by atoms with van der Waals surface area (Å²) < 4.78 is 4.84. The Morgan fingerprint density at radius 3 is 2.24 bits per heavy atom. The first-order valence-corrected chi connectivity index (χ1v) is 12.3. The SMILES string of the molecule is COC(=O)c1ccc2c(c1)CC(=O)/C2=C(\Nc1ccc(N(C)C(=O)CC(C)(C)C)cc1)c1ccccc1. The molecular weight excluding hydrogens is 464 g/mol. The summed E-state index contributed by atoms with van der Waals surface area (Å²) >= 11 is 0. The van der Waals surface area contributed by atoms with Crippen LogP contribution in [0, 0.1) is 5.41 Å². The van der Waals surface area contributed by atoms with Gasteiger partial charge in [-0.15, -0.1) is 0 Å². The Morgan fingerprint density at radius 2 is 1.62 bits per heavy atom. The first-order chi connectivity index (χ1) is 17.6. The summed E-state index contributed by atoms with van der Waals surface area (Å²) in [7, 11) is 3.12. The third kappa shape index (κ3) is 5.80. The number of hydrogen-bond acceptors (Lipinski definition) is 5. The zero-order valence-corrected chi connectivity index (χ0v) is 21.9. The summed E-state index contributed by atoms with van der Waals surface area (Å²) in [5.74, 6) is -0.396. The molecule has 1 aliphatic rings. The van der Waals surface area contributed by atoms with Gasteiger partial charge < -0.3 is 15.0 Å². The summed E-state index contributed by atoms with van der Waals surface area (Å²) in [5, 5.41) is 3.45. The molecule has 0 bridgehead atoms. The number of nitrogens with one attached hydrogen (secondary N) is 1. The number of nitrogens with zero attached hydrogens (tertiary/aromatic N) is 1. The van der Waals surface area contributed by atoms with E-state index < -0.39 is 5.97 Å². The van der Waals surface area contributed by atoms with Gasteiger partial charge in [0.25, 0.3) is 0 Å². The maximum absolute atomic E-state index is 13.3. The summed E-state index contributed by atoms with van der Waals surface area (Å²) in [6, 6.07) is 22.5. The third-order valence-electron chi connectivity index (χ3n) is 6.32. The van der Waals surface area contributed by atoms with Gasteiger partial charge in [0.15, 0.2) is 5.78 Å². The van der Waals surface area contributed by atoms with Crippen LogP contribution in [-0.2, 0) is 20.7 Å². The van der Waals surface area contributed by atoms with Crippen molar-refractivity contribution in [1.82, 2.24) is 0 Å². The van der Waals surface area contributed by atoms with E-state index in [-0.39, 0.29) is 23.5 Å². The van der Waals surface area contributed by atoms with Gasteiger partial charge in [0, 0.05) is 36.8 Å². The van der Waals surface area contributed by atoms with Crippen molar-refractivity contribution in [2.75, 3.05) is 24.4 Å². The highest BCUT2D eigenvalue weighted by atomic mass is 16.5. The minimum atomic E-state index is -0.430. The van der Waals surface area contributed by atoms with Crippen LogP contribution in [0.5, 0.6) is 0 Å². The van der Waals surface area contributed by atoms with Gasteiger partial charge in [-0.05, 0) is 58.5 Å². The van der Waals surface area contributed by atoms with Crippen molar-refractivity contribution < 1.29 is 19.1 Å². The molecule has 0 spiro atoms. The van der Waals surface area contributed by atoms with E-state index in [1.807, 2.05) is 81.4 Å². The van der Waals surface area contributed by atoms with E-state index in [4.69, 9.17) is 4.74 Å². The second-order valence-electron chi connectivity index (χ2n) is 10.4. The predicted octanol–water partition coefficient (Wildman–Crippen LogP) is 5.98. The first kappa shape index (κ1) is 25.9. The molecule has 3 aromatic rings. The molecular formula is C31H32N2O4. The molecule has 0 aromatic heterocycles. The molecule has 0 atom stereocenters. The van der Waals surface area contributed by atoms with Gasteiger partial charge in [0.2, 0.25) is 5.91 Å². The van der Waals surface area contributed by atoms with Crippen LogP contribution in [0.25, 0.3) is 11.3 Å². The molecule has 3 aromatic carbocycles. The van der Waals surface area contributed by atoms with E-state index in [0.29, 0.717) is 23.3 Å². The topological polar surface area (TPSA) is 75.7 Å².